The molecule has 0 atom stereocenters. The molecule has 0 bridgehead atoms. The number of hydrogen-bond acceptors (Lipinski definition) is 7. The van der Waals surface area contributed by atoms with E-state index in [9.17, 15) is 14.7 Å². The molecule has 4 rings (SSSR count). The number of amides is 1. The molecule has 0 radical (unpaired) electrons. The van der Waals surface area contributed by atoms with Crippen LogP contribution in [0, 0.1) is 5.41 Å². The number of allylic oxidation sites excluding steroid dienone is 6. The molecule has 2 aromatic carbocycles. The van der Waals surface area contributed by atoms with E-state index < -0.39 is 0 Å². The van der Waals surface area contributed by atoms with Crippen LogP contribution in [0.4, 0.5) is 0 Å². The molecule has 1 N–H and O–H groups in total. The van der Waals surface area contributed by atoms with Crippen LogP contribution in [0.25, 0.3) is 6.08 Å². The summed E-state index contributed by atoms with van der Waals surface area (Å²) >= 11 is 0. The molecule has 0 saturated heterocycles. The molecule has 0 fully saturated rings. The first-order valence-corrected chi connectivity index (χ1v) is 15.1. The molecule has 9 heteroatoms. The van der Waals surface area contributed by atoms with Crippen LogP contribution in [0.2, 0.25) is 0 Å². The summed E-state index contributed by atoms with van der Waals surface area (Å²) < 4.78 is 12.7. The number of methoxy groups -OCH3 is 1. The summed E-state index contributed by atoms with van der Waals surface area (Å²) in [5.74, 6) is 0.528. The quantitative estimate of drug-likeness (QED) is 0.151. The molecule has 236 valence electrons. The van der Waals surface area contributed by atoms with E-state index in [0.29, 0.717) is 30.3 Å². The van der Waals surface area contributed by atoms with Crippen molar-refractivity contribution in [2.75, 3.05) is 13.7 Å². The predicted molar refractivity (Wildman–Crippen MR) is 175 cm³/mol. The first kappa shape index (κ1) is 33.0. The molecule has 0 spiro atoms. The third kappa shape index (κ3) is 9.79. The number of rotatable bonds is 10. The minimum absolute atomic E-state index is 0.0893. The van der Waals surface area contributed by atoms with E-state index in [2.05, 4.69) is 43.2 Å². The topological polar surface area (TPSA) is 107 Å². The van der Waals surface area contributed by atoms with Crippen LogP contribution in [0.15, 0.2) is 90.3 Å². The van der Waals surface area contributed by atoms with Gasteiger partial charge in [-0.3, -0.25) is 9.59 Å². The van der Waals surface area contributed by atoms with Crippen molar-refractivity contribution >= 4 is 17.8 Å². The molecular weight excluding hydrogens is 568 g/mol. The fraction of sp³-hybridized carbons (Fsp3) is 0.333. The summed E-state index contributed by atoms with van der Waals surface area (Å²) in [6.45, 7) is 9.33. The molecular formula is C36H42N4O5. The van der Waals surface area contributed by atoms with Crippen molar-refractivity contribution in [1.82, 2.24) is 19.9 Å². The largest absolute Gasteiger partial charge is 0.507 e. The summed E-state index contributed by atoms with van der Waals surface area (Å²) in [5.41, 5.74) is 3.75. The van der Waals surface area contributed by atoms with Crippen molar-refractivity contribution in [2.45, 2.75) is 60.0 Å². The number of carbonyl (C=O) groups excluding carboxylic acids is 2. The third-order valence-corrected chi connectivity index (χ3v) is 7.57. The van der Waals surface area contributed by atoms with Crippen LogP contribution in [-0.4, -0.2) is 50.4 Å². The summed E-state index contributed by atoms with van der Waals surface area (Å²) in [7, 11) is 1.58. The highest BCUT2D eigenvalue weighted by Crippen LogP contribution is 2.27. The molecule has 0 unspecified atom stereocenters. The molecule has 0 saturated carbocycles. The van der Waals surface area contributed by atoms with Crippen LogP contribution in [0.1, 0.15) is 68.6 Å². The molecule has 9 nitrogen and oxygen atoms in total. The minimum Gasteiger partial charge on any atom is -0.507 e. The van der Waals surface area contributed by atoms with Gasteiger partial charge in [0.25, 0.3) is 5.91 Å². The van der Waals surface area contributed by atoms with Gasteiger partial charge in [-0.25, -0.2) is 4.68 Å². The van der Waals surface area contributed by atoms with Gasteiger partial charge in [0.1, 0.15) is 29.5 Å². The number of nitrogens with zero attached hydrogens (tertiary/aromatic N) is 4. The molecule has 2 heterocycles. The molecule has 1 amide bonds. The zero-order valence-corrected chi connectivity index (χ0v) is 26.7. The lowest BCUT2D eigenvalue weighted by atomic mass is 9.87. The number of hydrogen-bond donors (Lipinski definition) is 1. The number of benzene rings is 2. The highest BCUT2D eigenvalue weighted by Gasteiger charge is 2.19. The van der Waals surface area contributed by atoms with E-state index in [1.165, 1.54) is 23.8 Å². The fourth-order valence-corrected chi connectivity index (χ4v) is 4.75. The van der Waals surface area contributed by atoms with E-state index in [4.69, 9.17) is 9.47 Å². The van der Waals surface area contributed by atoms with Gasteiger partial charge in [0.2, 0.25) is 0 Å². The van der Waals surface area contributed by atoms with Gasteiger partial charge in [-0.2, -0.15) is 0 Å². The second-order valence-electron chi connectivity index (χ2n) is 11.9. The van der Waals surface area contributed by atoms with Gasteiger partial charge in [0.15, 0.2) is 5.78 Å². The van der Waals surface area contributed by atoms with Gasteiger partial charge in [-0.05, 0) is 74.4 Å². The van der Waals surface area contributed by atoms with Crippen LogP contribution < -0.4 is 9.47 Å². The van der Waals surface area contributed by atoms with Crippen LogP contribution >= 0.6 is 0 Å². The summed E-state index contributed by atoms with van der Waals surface area (Å²) in [4.78, 5) is 27.6. The summed E-state index contributed by atoms with van der Waals surface area (Å²) in [6, 6.07) is 11.9. The average Bonchev–Trinajstić information content (AvgIpc) is 3.47. The van der Waals surface area contributed by atoms with E-state index in [-0.39, 0.29) is 35.0 Å². The molecule has 1 aromatic heterocycles. The first-order chi connectivity index (χ1) is 21.5. The number of phenolic OH excluding ortho intramolecular Hbond substituents is 1. The Bertz CT molecular complexity index is 1630. The van der Waals surface area contributed by atoms with Crippen molar-refractivity contribution in [2.24, 2.45) is 5.41 Å². The van der Waals surface area contributed by atoms with Gasteiger partial charge in [0.05, 0.1) is 32.0 Å². The van der Waals surface area contributed by atoms with Gasteiger partial charge < -0.3 is 19.5 Å². The van der Waals surface area contributed by atoms with E-state index >= 15 is 0 Å². The number of phenols is 1. The fourth-order valence-electron chi connectivity index (χ4n) is 4.75. The summed E-state index contributed by atoms with van der Waals surface area (Å²) in [6.07, 6.45) is 15.6. The maximum atomic E-state index is 13.2. The van der Waals surface area contributed by atoms with Crippen LogP contribution in [-0.2, 0) is 17.9 Å². The zero-order chi connectivity index (χ0) is 32.4. The van der Waals surface area contributed by atoms with E-state index in [0.717, 1.165) is 30.5 Å². The van der Waals surface area contributed by atoms with Gasteiger partial charge >= 0.3 is 0 Å². The van der Waals surface area contributed by atoms with Crippen molar-refractivity contribution < 1.29 is 24.2 Å². The normalized spacial score (nSPS) is 16.4. The maximum absolute atomic E-state index is 13.2. The van der Waals surface area contributed by atoms with Gasteiger partial charge in [-0.1, -0.05) is 61.1 Å². The van der Waals surface area contributed by atoms with Crippen molar-refractivity contribution in [3.63, 3.8) is 0 Å². The monoisotopic (exact) mass is 610 g/mol. The second-order valence-corrected chi connectivity index (χ2v) is 11.9. The van der Waals surface area contributed by atoms with Crippen molar-refractivity contribution in [3.05, 3.63) is 107 Å². The van der Waals surface area contributed by atoms with Gasteiger partial charge in [0, 0.05) is 17.8 Å². The maximum Gasteiger partial charge on any atom is 0.250 e. The zero-order valence-electron chi connectivity index (χ0n) is 26.7. The Morgan fingerprint density at radius 2 is 1.93 bits per heavy atom. The molecule has 3 aromatic rings. The summed E-state index contributed by atoms with van der Waals surface area (Å²) in [5, 5.41) is 19.0. The standard InChI is InChI=1S/C36H42N4O5/c1-26-8-6-9-27(2)40(35(43)17-19-36(3,4)18-16-26)25-29-24-39(38-37-29)20-21-45-31-13-14-32(34(42)23-31)33(41)15-12-28-10-7-11-30(22-28)44-5/h7,9-17,19,22-24,42H,6,8,18,20-21,25H2,1-5H3/b15-12+,19-17+,26-16?,27-9?. The third-order valence-electron chi connectivity index (χ3n) is 7.57. The highest BCUT2D eigenvalue weighted by atomic mass is 16.5. The number of ketones is 1. The van der Waals surface area contributed by atoms with E-state index in [1.54, 1.807) is 41.1 Å². The molecule has 0 aliphatic carbocycles. The average molecular weight is 611 g/mol. The Labute approximate surface area is 265 Å². The highest BCUT2D eigenvalue weighted by molar-refractivity contribution is 6.08. The number of ether oxygens (including phenoxy) is 2. The Hall–Kier alpha value is -4.92. The van der Waals surface area contributed by atoms with Crippen molar-refractivity contribution in [3.8, 4) is 17.2 Å². The second kappa shape index (κ2) is 15.2. The Balaban J connectivity index is 1.34. The number of aromatic nitrogens is 3. The number of aromatic hydroxyl groups is 1. The molecule has 1 aliphatic heterocycles. The van der Waals surface area contributed by atoms with Crippen LogP contribution in [0.5, 0.6) is 17.2 Å². The lowest BCUT2D eigenvalue weighted by Gasteiger charge is -2.23. The molecule has 45 heavy (non-hydrogen) atoms. The minimum atomic E-state index is -0.330. The lowest BCUT2D eigenvalue weighted by molar-refractivity contribution is -0.124. The lowest BCUT2D eigenvalue weighted by Crippen LogP contribution is -2.28. The van der Waals surface area contributed by atoms with E-state index in [1.807, 2.05) is 37.3 Å². The smallest absolute Gasteiger partial charge is 0.250 e. The Kier molecular flexibility index (Phi) is 11.1. The predicted octanol–water partition coefficient (Wildman–Crippen LogP) is 6.91. The van der Waals surface area contributed by atoms with Crippen LogP contribution in [0.3, 0.4) is 0 Å². The SMILES string of the molecule is COc1cccc(/C=C/C(=O)c2ccc(OCCn3cc(CN4C(=O)/C=C/C(C)(C)CC=C(C)CCC=C4C)nn3)cc2O)c1. The Morgan fingerprint density at radius 3 is 2.71 bits per heavy atom. The van der Waals surface area contributed by atoms with Crippen molar-refractivity contribution in [1.29, 1.82) is 0 Å². The van der Waals surface area contributed by atoms with Gasteiger partial charge in [-0.15, -0.1) is 5.10 Å². The number of carbonyl (C=O) groups is 2. The Morgan fingerprint density at radius 1 is 1.11 bits per heavy atom. The first-order valence-electron chi connectivity index (χ1n) is 15.1. The molecule has 1 aliphatic rings.